The minimum absolute atomic E-state index is 0.255. The van der Waals surface area contributed by atoms with Gasteiger partial charge in [0, 0.05) is 10.8 Å². The molecule has 4 nitrogen and oxygen atoms in total. The van der Waals surface area contributed by atoms with E-state index >= 15 is 0 Å². The summed E-state index contributed by atoms with van der Waals surface area (Å²) in [4.78, 5) is 12.0. The maximum atomic E-state index is 12.0. The summed E-state index contributed by atoms with van der Waals surface area (Å²) in [6.45, 7) is 0. The topological polar surface area (TPSA) is 44.1 Å². The summed E-state index contributed by atoms with van der Waals surface area (Å²) in [7, 11) is 1.34. The van der Waals surface area contributed by atoms with Crippen molar-refractivity contribution in [3.63, 3.8) is 0 Å². The lowest BCUT2D eigenvalue weighted by Crippen LogP contribution is -2.12. The fourth-order valence-corrected chi connectivity index (χ4v) is 2.51. The fraction of sp³-hybridized carbons (Fsp3) is 0.0625. The van der Waals surface area contributed by atoms with Gasteiger partial charge < -0.3 is 4.74 Å². The standard InChI is InChI=1S/C16H12N2O2S/c1-20-16(19)14-12-9-5-6-10-13(12)15(21)18(17-14)11-7-3-2-4-8-11/h2-10H,1H3. The van der Waals surface area contributed by atoms with E-state index in [1.165, 1.54) is 7.11 Å². The SMILES string of the molecule is COC(=O)c1nn(-c2ccccc2)c(=S)c2ccccc12. The number of fused-ring (bicyclic) bond motifs is 1. The highest BCUT2D eigenvalue weighted by atomic mass is 32.1. The van der Waals surface area contributed by atoms with Gasteiger partial charge in [0.1, 0.15) is 4.64 Å². The lowest BCUT2D eigenvalue weighted by Gasteiger charge is -2.11. The van der Waals surface area contributed by atoms with Crippen LogP contribution in [-0.4, -0.2) is 22.9 Å². The van der Waals surface area contributed by atoms with Crippen LogP contribution in [0, 0.1) is 4.64 Å². The smallest absolute Gasteiger partial charge is 0.359 e. The second-order valence-electron chi connectivity index (χ2n) is 4.44. The second kappa shape index (κ2) is 5.46. The number of para-hydroxylation sites is 1. The van der Waals surface area contributed by atoms with Crippen molar-refractivity contribution in [1.82, 2.24) is 9.78 Å². The van der Waals surface area contributed by atoms with Crippen molar-refractivity contribution in [3.05, 3.63) is 64.9 Å². The molecule has 3 aromatic rings. The molecule has 5 heteroatoms. The monoisotopic (exact) mass is 296 g/mol. The number of methoxy groups -OCH3 is 1. The molecular weight excluding hydrogens is 284 g/mol. The summed E-state index contributed by atoms with van der Waals surface area (Å²) in [5.74, 6) is -0.481. The lowest BCUT2D eigenvalue weighted by molar-refractivity contribution is 0.0594. The Kier molecular flexibility index (Phi) is 3.50. The van der Waals surface area contributed by atoms with Crippen LogP contribution in [0.3, 0.4) is 0 Å². The van der Waals surface area contributed by atoms with Crippen LogP contribution in [0.5, 0.6) is 0 Å². The molecule has 0 aliphatic heterocycles. The average Bonchev–Trinajstić information content (AvgIpc) is 2.55. The number of benzene rings is 2. The zero-order valence-electron chi connectivity index (χ0n) is 11.3. The van der Waals surface area contributed by atoms with Crippen molar-refractivity contribution in [2.24, 2.45) is 0 Å². The van der Waals surface area contributed by atoms with Crippen molar-refractivity contribution in [1.29, 1.82) is 0 Å². The van der Waals surface area contributed by atoms with Gasteiger partial charge in [-0.15, -0.1) is 0 Å². The minimum Gasteiger partial charge on any atom is -0.464 e. The van der Waals surface area contributed by atoms with E-state index in [1.54, 1.807) is 4.68 Å². The van der Waals surface area contributed by atoms with Crippen molar-refractivity contribution < 1.29 is 9.53 Å². The van der Waals surface area contributed by atoms with E-state index in [0.29, 0.717) is 10.0 Å². The van der Waals surface area contributed by atoms with Gasteiger partial charge in [-0.2, -0.15) is 5.10 Å². The minimum atomic E-state index is -0.481. The molecule has 0 radical (unpaired) electrons. The summed E-state index contributed by atoms with van der Waals surface area (Å²) in [6, 6.07) is 16.9. The van der Waals surface area contributed by atoms with Crippen LogP contribution in [-0.2, 0) is 4.74 Å². The number of rotatable bonds is 2. The first-order valence-electron chi connectivity index (χ1n) is 6.38. The molecule has 0 aliphatic carbocycles. The van der Waals surface area contributed by atoms with Crippen LogP contribution in [0.1, 0.15) is 10.5 Å². The van der Waals surface area contributed by atoms with E-state index in [0.717, 1.165) is 11.1 Å². The number of nitrogens with zero attached hydrogens (tertiary/aromatic N) is 2. The van der Waals surface area contributed by atoms with Gasteiger partial charge in [-0.3, -0.25) is 0 Å². The normalized spacial score (nSPS) is 10.5. The third-order valence-corrected chi connectivity index (χ3v) is 3.58. The summed E-state index contributed by atoms with van der Waals surface area (Å²) in [6.07, 6.45) is 0. The highest BCUT2D eigenvalue weighted by molar-refractivity contribution is 7.71. The van der Waals surface area contributed by atoms with Crippen molar-refractivity contribution in [2.75, 3.05) is 7.11 Å². The Morgan fingerprint density at radius 3 is 2.33 bits per heavy atom. The summed E-state index contributed by atoms with van der Waals surface area (Å²) in [5, 5.41) is 5.87. The number of aromatic nitrogens is 2. The second-order valence-corrected chi connectivity index (χ2v) is 4.82. The molecule has 0 spiro atoms. The number of carbonyl (C=O) groups is 1. The Morgan fingerprint density at radius 2 is 1.67 bits per heavy atom. The number of esters is 1. The molecular formula is C16H12N2O2S. The van der Waals surface area contributed by atoms with Crippen LogP contribution < -0.4 is 0 Å². The molecule has 0 N–H and O–H groups in total. The Balaban J connectivity index is 2.40. The molecule has 3 rings (SSSR count). The average molecular weight is 296 g/mol. The predicted octanol–water partition coefficient (Wildman–Crippen LogP) is 3.54. The summed E-state index contributed by atoms with van der Waals surface area (Å²) in [5.41, 5.74) is 1.06. The molecule has 0 saturated carbocycles. The number of carbonyl (C=O) groups excluding carboxylic acids is 1. The van der Waals surface area contributed by atoms with Gasteiger partial charge in [-0.1, -0.05) is 54.7 Å². The van der Waals surface area contributed by atoms with Gasteiger partial charge >= 0.3 is 5.97 Å². The number of ether oxygens (including phenoxy) is 1. The third-order valence-electron chi connectivity index (χ3n) is 3.18. The molecule has 1 heterocycles. The lowest BCUT2D eigenvalue weighted by atomic mass is 10.1. The zero-order valence-corrected chi connectivity index (χ0v) is 12.1. The van der Waals surface area contributed by atoms with Crippen LogP contribution in [0.2, 0.25) is 0 Å². The van der Waals surface area contributed by atoms with Gasteiger partial charge in [0.15, 0.2) is 5.69 Å². The van der Waals surface area contributed by atoms with Crippen LogP contribution in [0.15, 0.2) is 54.6 Å². The van der Waals surface area contributed by atoms with Gasteiger partial charge in [0.2, 0.25) is 0 Å². The van der Waals surface area contributed by atoms with Crippen molar-refractivity contribution in [3.8, 4) is 5.69 Å². The first kappa shape index (κ1) is 13.5. The van der Waals surface area contributed by atoms with Crippen molar-refractivity contribution >= 4 is 29.0 Å². The molecule has 21 heavy (non-hydrogen) atoms. The molecule has 0 atom stereocenters. The Morgan fingerprint density at radius 1 is 1.05 bits per heavy atom. The number of hydrogen-bond donors (Lipinski definition) is 0. The quantitative estimate of drug-likeness (QED) is 0.536. The maximum absolute atomic E-state index is 12.0. The Hall–Kier alpha value is -2.53. The van der Waals surface area contributed by atoms with Gasteiger partial charge in [-0.05, 0) is 12.1 Å². The molecule has 104 valence electrons. The van der Waals surface area contributed by atoms with Gasteiger partial charge in [0.05, 0.1) is 12.8 Å². The first-order valence-corrected chi connectivity index (χ1v) is 6.79. The molecule has 0 aliphatic rings. The fourth-order valence-electron chi connectivity index (χ4n) is 2.18. The van der Waals surface area contributed by atoms with E-state index in [-0.39, 0.29) is 5.69 Å². The molecule has 0 amide bonds. The largest absolute Gasteiger partial charge is 0.464 e. The molecule has 1 aromatic heterocycles. The maximum Gasteiger partial charge on any atom is 0.359 e. The summed E-state index contributed by atoms with van der Waals surface area (Å²) < 4.78 is 6.97. The Labute approximate surface area is 126 Å². The highest BCUT2D eigenvalue weighted by Gasteiger charge is 2.16. The molecule has 0 fully saturated rings. The van der Waals surface area contributed by atoms with E-state index in [9.17, 15) is 4.79 Å². The van der Waals surface area contributed by atoms with E-state index in [4.69, 9.17) is 17.0 Å². The van der Waals surface area contributed by atoms with Crippen molar-refractivity contribution in [2.45, 2.75) is 0 Å². The highest BCUT2D eigenvalue weighted by Crippen LogP contribution is 2.21. The molecule has 0 bridgehead atoms. The van der Waals surface area contributed by atoms with E-state index in [1.807, 2.05) is 54.6 Å². The van der Waals surface area contributed by atoms with Gasteiger partial charge in [0.25, 0.3) is 0 Å². The van der Waals surface area contributed by atoms with Crippen LogP contribution >= 0.6 is 12.2 Å². The molecule has 0 unspecified atom stereocenters. The van der Waals surface area contributed by atoms with Crippen LogP contribution in [0.25, 0.3) is 16.5 Å². The molecule has 2 aromatic carbocycles. The predicted molar refractivity (Wildman–Crippen MR) is 83.2 cm³/mol. The van der Waals surface area contributed by atoms with E-state index in [2.05, 4.69) is 5.10 Å². The number of hydrogen-bond acceptors (Lipinski definition) is 4. The summed E-state index contributed by atoms with van der Waals surface area (Å²) >= 11 is 5.51. The van der Waals surface area contributed by atoms with E-state index < -0.39 is 5.97 Å². The first-order chi connectivity index (χ1) is 10.2. The van der Waals surface area contributed by atoms with Gasteiger partial charge in [-0.25, -0.2) is 9.48 Å². The Bertz CT molecular complexity index is 872. The molecule has 0 saturated heterocycles. The van der Waals surface area contributed by atoms with Crippen LogP contribution in [0.4, 0.5) is 0 Å². The third kappa shape index (κ3) is 2.32. The zero-order chi connectivity index (χ0) is 14.8.